The molecule has 128 valence electrons. The summed E-state index contributed by atoms with van der Waals surface area (Å²) >= 11 is 2.97. The number of halogens is 3. The Morgan fingerprint density at radius 3 is 2.61 bits per heavy atom. The molecule has 4 nitrogen and oxygen atoms in total. The lowest BCUT2D eigenvalue weighted by atomic mass is 10.2. The minimum atomic E-state index is -0.565. The minimum absolute atomic E-state index is 0.0976. The third-order valence-electron chi connectivity index (χ3n) is 3.72. The maximum atomic E-state index is 14.0. The van der Waals surface area contributed by atoms with E-state index in [9.17, 15) is 13.6 Å². The van der Waals surface area contributed by atoms with Crippen molar-refractivity contribution in [2.24, 2.45) is 0 Å². The van der Waals surface area contributed by atoms with Gasteiger partial charge in [0.05, 0.1) is 16.2 Å². The van der Waals surface area contributed by atoms with E-state index < -0.39 is 23.3 Å². The van der Waals surface area contributed by atoms with Crippen LogP contribution in [0.15, 0.2) is 16.6 Å². The zero-order valence-corrected chi connectivity index (χ0v) is 15.3. The number of likely N-dealkylation sites (N-methyl/N-ethyl adjacent to an activating group) is 1. The second kappa shape index (κ2) is 6.63. The maximum absolute atomic E-state index is 14.0. The molecular weight excluding hydrogens is 370 g/mol. The Morgan fingerprint density at radius 1 is 1.35 bits per heavy atom. The molecule has 1 amide bonds. The normalized spacial score (nSPS) is 18.2. The van der Waals surface area contributed by atoms with Crippen molar-refractivity contribution in [2.75, 3.05) is 25.0 Å². The third-order valence-corrected chi connectivity index (χ3v) is 4.33. The zero-order valence-electron chi connectivity index (χ0n) is 13.7. The first kappa shape index (κ1) is 18.0. The third kappa shape index (κ3) is 4.34. The molecule has 1 heterocycles. The predicted octanol–water partition coefficient (Wildman–Crippen LogP) is 4.17. The van der Waals surface area contributed by atoms with Crippen LogP contribution in [-0.2, 0) is 4.74 Å². The van der Waals surface area contributed by atoms with Gasteiger partial charge in [0, 0.05) is 26.2 Å². The fourth-order valence-corrected chi connectivity index (χ4v) is 2.83. The molecule has 0 aliphatic carbocycles. The summed E-state index contributed by atoms with van der Waals surface area (Å²) in [6.45, 7) is 6.41. The van der Waals surface area contributed by atoms with Gasteiger partial charge in [0.1, 0.15) is 17.2 Å². The molecule has 7 heteroatoms. The van der Waals surface area contributed by atoms with E-state index >= 15 is 0 Å². The number of anilines is 1. The molecule has 0 radical (unpaired) electrons. The first-order chi connectivity index (χ1) is 10.6. The number of hydrogen-bond acceptors (Lipinski definition) is 3. The summed E-state index contributed by atoms with van der Waals surface area (Å²) in [5.74, 6) is -0.996. The van der Waals surface area contributed by atoms with Crippen LogP contribution in [0.2, 0.25) is 0 Å². The molecule has 0 unspecified atom stereocenters. The Balaban J connectivity index is 2.06. The topological polar surface area (TPSA) is 32.8 Å². The number of amides is 1. The van der Waals surface area contributed by atoms with Crippen molar-refractivity contribution in [3.05, 3.63) is 28.2 Å². The Hall–Kier alpha value is -1.37. The fourth-order valence-electron chi connectivity index (χ4n) is 2.51. The van der Waals surface area contributed by atoms with Crippen LogP contribution >= 0.6 is 15.9 Å². The standard InChI is InChI=1S/C16H21BrF2N2O2/c1-16(2,3)23-15(22)20(4)10-5-6-21(9-10)14-8-12(18)11(17)7-13(14)19/h7-8,10H,5-6,9H2,1-4H3/t10-/m1/s1. The number of ether oxygens (including phenoxy) is 1. The summed E-state index contributed by atoms with van der Waals surface area (Å²) in [6.07, 6.45) is 0.263. The van der Waals surface area contributed by atoms with Gasteiger partial charge in [0.25, 0.3) is 0 Å². The van der Waals surface area contributed by atoms with E-state index in [1.807, 2.05) is 0 Å². The fraction of sp³-hybridized carbons (Fsp3) is 0.562. The molecule has 0 aromatic heterocycles. The number of carbonyl (C=O) groups is 1. The molecule has 1 fully saturated rings. The van der Waals surface area contributed by atoms with Gasteiger partial charge < -0.3 is 14.5 Å². The van der Waals surface area contributed by atoms with Crippen molar-refractivity contribution in [3.63, 3.8) is 0 Å². The van der Waals surface area contributed by atoms with Crippen LogP contribution in [0.25, 0.3) is 0 Å². The first-order valence-electron chi connectivity index (χ1n) is 7.44. The lowest BCUT2D eigenvalue weighted by Gasteiger charge is -2.29. The van der Waals surface area contributed by atoms with Gasteiger partial charge in [-0.3, -0.25) is 0 Å². The summed E-state index contributed by atoms with van der Waals surface area (Å²) in [5, 5.41) is 0. The Morgan fingerprint density at radius 2 is 2.00 bits per heavy atom. The summed E-state index contributed by atoms with van der Waals surface area (Å²) < 4.78 is 33.1. The lowest BCUT2D eigenvalue weighted by Crippen LogP contribution is -2.42. The van der Waals surface area contributed by atoms with E-state index in [2.05, 4.69) is 15.9 Å². The molecule has 1 atom stereocenters. The molecule has 1 aliphatic rings. The van der Waals surface area contributed by atoms with Crippen LogP contribution in [0.3, 0.4) is 0 Å². The Kier molecular flexibility index (Phi) is 5.18. The zero-order chi connectivity index (χ0) is 17.4. The highest BCUT2D eigenvalue weighted by Gasteiger charge is 2.32. The molecule has 0 saturated carbocycles. The van der Waals surface area contributed by atoms with Gasteiger partial charge in [0.15, 0.2) is 0 Å². The van der Waals surface area contributed by atoms with Crippen molar-refractivity contribution < 1.29 is 18.3 Å². The lowest BCUT2D eigenvalue weighted by molar-refractivity contribution is 0.0238. The summed E-state index contributed by atoms with van der Waals surface area (Å²) in [7, 11) is 1.67. The average molecular weight is 391 g/mol. The summed E-state index contributed by atoms with van der Waals surface area (Å²) in [5.41, 5.74) is -0.351. The van der Waals surface area contributed by atoms with Crippen LogP contribution in [0.1, 0.15) is 27.2 Å². The van der Waals surface area contributed by atoms with Gasteiger partial charge in [0.2, 0.25) is 0 Å². The molecule has 0 spiro atoms. The van der Waals surface area contributed by atoms with Gasteiger partial charge in [-0.05, 0) is 49.2 Å². The number of rotatable bonds is 2. The molecule has 1 aromatic rings. The molecule has 2 rings (SSSR count). The second-order valence-electron chi connectivity index (χ2n) is 6.70. The summed E-state index contributed by atoms with van der Waals surface area (Å²) in [6, 6.07) is 2.20. The van der Waals surface area contributed by atoms with Gasteiger partial charge in [-0.25, -0.2) is 13.6 Å². The molecule has 0 N–H and O–H groups in total. The van der Waals surface area contributed by atoms with Gasteiger partial charge >= 0.3 is 6.09 Å². The van der Waals surface area contributed by atoms with Crippen molar-refractivity contribution in [1.29, 1.82) is 0 Å². The van der Waals surface area contributed by atoms with Gasteiger partial charge in [-0.1, -0.05) is 0 Å². The number of hydrogen-bond donors (Lipinski definition) is 0. The molecule has 0 bridgehead atoms. The van der Waals surface area contributed by atoms with Crippen LogP contribution in [0.4, 0.5) is 19.3 Å². The van der Waals surface area contributed by atoms with Crippen LogP contribution < -0.4 is 4.90 Å². The molecule has 1 aromatic carbocycles. The van der Waals surface area contributed by atoms with Gasteiger partial charge in [-0.2, -0.15) is 0 Å². The number of nitrogens with zero attached hydrogens (tertiary/aromatic N) is 2. The van der Waals surface area contributed by atoms with E-state index in [0.29, 0.717) is 19.5 Å². The quantitative estimate of drug-likeness (QED) is 0.710. The van der Waals surface area contributed by atoms with Crippen LogP contribution in [0.5, 0.6) is 0 Å². The number of benzene rings is 1. The molecule has 1 aliphatic heterocycles. The Bertz CT molecular complexity index is 604. The SMILES string of the molecule is CN(C(=O)OC(C)(C)C)[C@@H]1CCN(c2cc(F)c(Br)cc2F)C1. The highest BCUT2D eigenvalue weighted by Crippen LogP contribution is 2.30. The van der Waals surface area contributed by atoms with E-state index in [-0.39, 0.29) is 16.2 Å². The predicted molar refractivity (Wildman–Crippen MR) is 88.7 cm³/mol. The minimum Gasteiger partial charge on any atom is -0.444 e. The van der Waals surface area contributed by atoms with E-state index in [1.165, 1.54) is 11.0 Å². The van der Waals surface area contributed by atoms with Crippen LogP contribution in [-0.4, -0.2) is 42.8 Å². The highest BCUT2D eigenvalue weighted by molar-refractivity contribution is 9.10. The van der Waals surface area contributed by atoms with E-state index in [4.69, 9.17) is 4.74 Å². The average Bonchev–Trinajstić information content (AvgIpc) is 2.89. The van der Waals surface area contributed by atoms with Crippen LogP contribution in [0, 0.1) is 11.6 Å². The summed E-state index contributed by atoms with van der Waals surface area (Å²) in [4.78, 5) is 15.4. The highest BCUT2D eigenvalue weighted by atomic mass is 79.9. The van der Waals surface area contributed by atoms with Crippen molar-refractivity contribution in [3.8, 4) is 0 Å². The van der Waals surface area contributed by atoms with E-state index in [0.717, 1.165) is 6.07 Å². The largest absolute Gasteiger partial charge is 0.444 e. The van der Waals surface area contributed by atoms with Crippen molar-refractivity contribution in [2.45, 2.75) is 38.8 Å². The smallest absolute Gasteiger partial charge is 0.410 e. The number of carbonyl (C=O) groups excluding carboxylic acids is 1. The second-order valence-corrected chi connectivity index (χ2v) is 7.55. The van der Waals surface area contributed by atoms with E-state index in [1.54, 1.807) is 32.7 Å². The molecule has 1 saturated heterocycles. The Labute approximate surface area is 143 Å². The monoisotopic (exact) mass is 390 g/mol. The van der Waals surface area contributed by atoms with Crippen molar-refractivity contribution >= 4 is 27.7 Å². The molecule has 23 heavy (non-hydrogen) atoms. The maximum Gasteiger partial charge on any atom is 0.410 e. The van der Waals surface area contributed by atoms with Gasteiger partial charge in [-0.15, -0.1) is 0 Å². The first-order valence-corrected chi connectivity index (χ1v) is 8.23. The van der Waals surface area contributed by atoms with Crippen molar-refractivity contribution in [1.82, 2.24) is 4.90 Å². The molecular formula is C16H21BrF2N2O2.